The zero-order valence-electron chi connectivity index (χ0n) is 15.2. The van der Waals surface area contributed by atoms with Crippen LogP contribution in [-0.2, 0) is 14.3 Å². The topological polar surface area (TPSA) is 38.8 Å². The van der Waals surface area contributed by atoms with Crippen LogP contribution >= 0.6 is 0 Å². The van der Waals surface area contributed by atoms with E-state index in [0.717, 1.165) is 13.0 Å². The van der Waals surface area contributed by atoms with E-state index in [1.807, 2.05) is 4.90 Å². The van der Waals surface area contributed by atoms with Crippen LogP contribution in [0.15, 0.2) is 0 Å². The standard InChI is InChI=1S/C18H37NO3/c1-5-6-7-8-9-10-11-12-13-14-15-19(17(2)20)16-18(21-3)22-4/h18H,5-16H2,1-4H3. The van der Waals surface area contributed by atoms with Crippen LogP contribution in [0.3, 0.4) is 0 Å². The number of methoxy groups -OCH3 is 2. The molecule has 0 atom stereocenters. The van der Waals surface area contributed by atoms with Gasteiger partial charge in [-0.2, -0.15) is 0 Å². The fourth-order valence-corrected chi connectivity index (χ4v) is 2.59. The number of hydrogen-bond acceptors (Lipinski definition) is 3. The minimum absolute atomic E-state index is 0.0926. The zero-order valence-corrected chi connectivity index (χ0v) is 15.2. The lowest BCUT2D eigenvalue weighted by Gasteiger charge is -2.25. The van der Waals surface area contributed by atoms with E-state index in [9.17, 15) is 4.79 Å². The fraction of sp³-hybridized carbons (Fsp3) is 0.944. The maximum absolute atomic E-state index is 11.6. The summed E-state index contributed by atoms with van der Waals surface area (Å²) in [5, 5.41) is 0. The van der Waals surface area contributed by atoms with E-state index in [1.165, 1.54) is 57.8 Å². The summed E-state index contributed by atoms with van der Waals surface area (Å²) in [5.74, 6) is 0.0926. The van der Waals surface area contributed by atoms with Crippen LogP contribution in [0, 0.1) is 0 Å². The maximum atomic E-state index is 11.6. The van der Waals surface area contributed by atoms with Crippen molar-refractivity contribution in [3.05, 3.63) is 0 Å². The Bertz CT molecular complexity index is 255. The quantitative estimate of drug-likeness (QED) is 0.332. The van der Waals surface area contributed by atoms with Crippen molar-refractivity contribution in [2.75, 3.05) is 27.3 Å². The molecule has 0 radical (unpaired) electrons. The molecule has 4 nitrogen and oxygen atoms in total. The van der Waals surface area contributed by atoms with Gasteiger partial charge in [-0.05, 0) is 6.42 Å². The Morgan fingerprint density at radius 3 is 1.73 bits per heavy atom. The molecule has 132 valence electrons. The Morgan fingerprint density at radius 1 is 0.864 bits per heavy atom. The van der Waals surface area contributed by atoms with E-state index in [0.29, 0.717) is 6.54 Å². The predicted molar refractivity (Wildman–Crippen MR) is 91.9 cm³/mol. The van der Waals surface area contributed by atoms with Crippen LogP contribution in [0.2, 0.25) is 0 Å². The van der Waals surface area contributed by atoms with Gasteiger partial charge in [0.1, 0.15) is 0 Å². The molecular formula is C18H37NO3. The molecule has 0 bridgehead atoms. The highest BCUT2D eigenvalue weighted by molar-refractivity contribution is 5.73. The number of nitrogens with zero attached hydrogens (tertiary/aromatic N) is 1. The first-order valence-corrected chi connectivity index (χ1v) is 8.96. The summed E-state index contributed by atoms with van der Waals surface area (Å²) in [6.45, 7) is 5.18. The predicted octanol–water partition coefficient (Wildman–Crippen LogP) is 4.37. The summed E-state index contributed by atoms with van der Waals surface area (Å²) in [6.07, 6.45) is 12.8. The van der Waals surface area contributed by atoms with Gasteiger partial charge < -0.3 is 14.4 Å². The van der Waals surface area contributed by atoms with Crippen molar-refractivity contribution >= 4 is 5.91 Å². The van der Waals surface area contributed by atoms with Crippen LogP contribution in [0.1, 0.15) is 78.1 Å². The molecular weight excluding hydrogens is 278 g/mol. The Hall–Kier alpha value is -0.610. The van der Waals surface area contributed by atoms with Crippen LogP contribution in [-0.4, -0.2) is 44.4 Å². The van der Waals surface area contributed by atoms with Gasteiger partial charge in [0.25, 0.3) is 0 Å². The molecule has 0 unspecified atom stereocenters. The molecule has 0 aromatic carbocycles. The summed E-state index contributed by atoms with van der Waals surface area (Å²) >= 11 is 0. The van der Waals surface area contributed by atoms with Gasteiger partial charge in [-0.3, -0.25) is 4.79 Å². The summed E-state index contributed by atoms with van der Waals surface area (Å²) in [4.78, 5) is 13.4. The molecule has 0 saturated carbocycles. The van der Waals surface area contributed by atoms with Gasteiger partial charge in [0.05, 0.1) is 6.54 Å². The SMILES string of the molecule is CCCCCCCCCCCCN(CC(OC)OC)C(C)=O. The number of amides is 1. The van der Waals surface area contributed by atoms with Crippen LogP contribution in [0.25, 0.3) is 0 Å². The Labute approximate surface area is 137 Å². The van der Waals surface area contributed by atoms with E-state index >= 15 is 0 Å². The molecule has 0 N–H and O–H groups in total. The van der Waals surface area contributed by atoms with E-state index < -0.39 is 0 Å². The van der Waals surface area contributed by atoms with Gasteiger partial charge in [-0.1, -0.05) is 64.7 Å². The molecule has 4 heteroatoms. The summed E-state index contributed by atoms with van der Waals surface area (Å²) in [6, 6.07) is 0. The van der Waals surface area contributed by atoms with Crippen molar-refractivity contribution in [3.8, 4) is 0 Å². The smallest absolute Gasteiger partial charge is 0.219 e. The Morgan fingerprint density at radius 2 is 1.32 bits per heavy atom. The third-order valence-corrected chi connectivity index (χ3v) is 4.12. The number of carbonyl (C=O) groups excluding carboxylic acids is 1. The third-order valence-electron chi connectivity index (χ3n) is 4.12. The number of ether oxygens (including phenoxy) is 2. The van der Waals surface area contributed by atoms with Crippen molar-refractivity contribution in [3.63, 3.8) is 0 Å². The second-order valence-electron chi connectivity index (χ2n) is 6.05. The summed E-state index contributed by atoms with van der Waals surface area (Å²) < 4.78 is 10.3. The number of hydrogen-bond donors (Lipinski definition) is 0. The van der Waals surface area contributed by atoms with E-state index in [4.69, 9.17) is 9.47 Å². The van der Waals surface area contributed by atoms with Gasteiger partial charge in [-0.15, -0.1) is 0 Å². The normalized spacial score (nSPS) is 11.1. The van der Waals surface area contributed by atoms with E-state index in [-0.39, 0.29) is 12.2 Å². The van der Waals surface area contributed by atoms with Crippen molar-refractivity contribution in [2.45, 2.75) is 84.3 Å². The zero-order chi connectivity index (χ0) is 16.6. The first-order valence-electron chi connectivity index (χ1n) is 8.96. The van der Waals surface area contributed by atoms with Crippen LogP contribution < -0.4 is 0 Å². The summed E-state index contributed by atoms with van der Waals surface area (Å²) in [5.41, 5.74) is 0. The van der Waals surface area contributed by atoms with E-state index in [2.05, 4.69) is 6.92 Å². The highest BCUT2D eigenvalue weighted by Crippen LogP contribution is 2.11. The van der Waals surface area contributed by atoms with Crippen molar-refractivity contribution in [1.82, 2.24) is 4.90 Å². The number of unbranched alkanes of at least 4 members (excludes halogenated alkanes) is 9. The second kappa shape index (κ2) is 15.3. The molecule has 0 saturated heterocycles. The number of rotatable bonds is 15. The largest absolute Gasteiger partial charge is 0.354 e. The van der Waals surface area contributed by atoms with Gasteiger partial charge in [0.15, 0.2) is 6.29 Å². The minimum Gasteiger partial charge on any atom is -0.354 e. The average molecular weight is 315 g/mol. The number of carbonyl (C=O) groups is 1. The minimum atomic E-state index is -0.327. The highest BCUT2D eigenvalue weighted by atomic mass is 16.7. The summed E-state index contributed by atoms with van der Waals surface area (Å²) in [7, 11) is 3.21. The first kappa shape index (κ1) is 21.4. The molecule has 0 heterocycles. The van der Waals surface area contributed by atoms with Gasteiger partial charge in [-0.25, -0.2) is 0 Å². The lowest BCUT2D eigenvalue weighted by Crippen LogP contribution is -2.38. The maximum Gasteiger partial charge on any atom is 0.219 e. The van der Waals surface area contributed by atoms with Crippen molar-refractivity contribution in [1.29, 1.82) is 0 Å². The third kappa shape index (κ3) is 12.0. The van der Waals surface area contributed by atoms with Gasteiger partial charge in [0, 0.05) is 27.7 Å². The monoisotopic (exact) mass is 315 g/mol. The Kier molecular flexibility index (Phi) is 14.9. The molecule has 0 rings (SSSR count). The first-order chi connectivity index (χ1) is 10.7. The molecule has 0 aliphatic rings. The molecule has 0 aromatic heterocycles. The molecule has 0 aliphatic heterocycles. The molecule has 0 aromatic rings. The van der Waals surface area contributed by atoms with E-state index in [1.54, 1.807) is 21.1 Å². The molecule has 0 aliphatic carbocycles. The molecule has 0 spiro atoms. The van der Waals surface area contributed by atoms with Gasteiger partial charge >= 0.3 is 0 Å². The van der Waals surface area contributed by atoms with Crippen LogP contribution in [0.5, 0.6) is 0 Å². The second-order valence-corrected chi connectivity index (χ2v) is 6.05. The lowest BCUT2D eigenvalue weighted by atomic mass is 10.1. The van der Waals surface area contributed by atoms with Gasteiger partial charge in [0.2, 0.25) is 5.91 Å². The fourth-order valence-electron chi connectivity index (χ4n) is 2.59. The Balaban J connectivity index is 3.58. The lowest BCUT2D eigenvalue weighted by molar-refractivity contribution is -0.143. The average Bonchev–Trinajstić information content (AvgIpc) is 2.51. The molecule has 22 heavy (non-hydrogen) atoms. The van der Waals surface area contributed by atoms with Crippen molar-refractivity contribution in [2.24, 2.45) is 0 Å². The molecule has 0 fully saturated rings. The van der Waals surface area contributed by atoms with Crippen LogP contribution in [0.4, 0.5) is 0 Å². The van der Waals surface area contributed by atoms with Crippen molar-refractivity contribution < 1.29 is 14.3 Å². The highest BCUT2D eigenvalue weighted by Gasteiger charge is 2.14. The molecule has 1 amide bonds.